The first-order valence-corrected chi connectivity index (χ1v) is 13.9. The molecule has 0 aliphatic carbocycles. The smallest absolute Gasteiger partial charge is 0.319 e. The van der Waals surface area contributed by atoms with Gasteiger partial charge in [-0.3, -0.25) is 9.78 Å². The number of rotatable bonds is 7. The molecule has 0 spiro atoms. The van der Waals surface area contributed by atoms with Gasteiger partial charge in [-0.05, 0) is 11.5 Å². The lowest BCUT2D eigenvalue weighted by Gasteiger charge is -2.39. The lowest BCUT2D eigenvalue weighted by molar-refractivity contribution is -0.131. The van der Waals surface area contributed by atoms with Gasteiger partial charge in [0.15, 0.2) is 11.6 Å². The maximum Gasteiger partial charge on any atom is 0.319 e. The van der Waals surface area contributed by atoms with Crippen molar-refractivity contribution in [1.29, 1.82) is 0 Å². The van der Waals surface area contributed by atoms with E-state index >= 15 is 4.39 Å². The van der Waals surface area contributed by atoms with Crippen LogP contribution in [-0.2, 0) is 9.53 Å². The Hall–Kier alpha value is -4.47. The van der Waals surface area contributed by atoms with Crippen molar-refractivity contribution in [2.45, 2.75) is 18.6 Å². The van der Waals surface area contributed by atoms with Gasteiger partial charge in [-0.1, -0.05) is 42.4 Å². The number of amides is 1. The fraction of sp³-hybridized carbons (Fsp3) is 0.300. The van der Waals surface area contributed by atoms with Gasteiger partial charge < -0.3 is 24.1 Å². The van der Waals surface area contributed by atoms with E-state index in [1.54, 1.807) is 29.2 Å². The summed E-state index contributed by atoms with van der Waals surface area (Å²) in [6, 6.07) is 7.05. The van der Waals surface area contributed by atoms with Crippen molar-refractivity contribution in [2.24, 2.45) is 0 Å². The predicted octanol–water partition coefficient (Wildman–Crippen LogP) is 5.36. The van der Waals surface area contributed by atoms with E-state index in [2.05, 4.69) is 26.4 Å². The van der Waals surface area contributed by atoms with Crippen LogP contribution >= 0.6 is 11.6 Å². The maximum absolute atomic E-state index is 16.4. The standard InChI is InChI=1S/C30H24ClF3N6O3/c1-16(32)29(41)40-10-9-39(14-18(40)12-35-2)28-21-13-36-26(20-5-3-4-17-6-7-22(33)24(31)23(17)20)25(34)27(21)37-30(38-28)43-15-19-8-11-42-19/h3-7,13,18-19H,1,8-12,14-15H2/t18-,19?/m0/s1. The number of aromatic nitrogens is 3. The lowest BCUT2D eigenvalue weighted by Crippen LogP contribution is -2.56. The Labute approximate surface area is 249 Å². The zero-order valence-electron chi connectivity index (χ0n) is 22.7. The molecule has 6 rings (SSSR count). The van der Waals surface area contributed by atoms with Crippen LogP contribution < -0.4 is 9.64 Å². The zero-order chi connectivity index (χ0) is 30.2. The first-order chi connectivity index (χ1) is 20.8. The van der Waals surface area contributed by atoms with Gasteiger partial charge in [0.1, 0.15) is 35.5 Å². The second kappa shape index (κ2) is 11.7. The highest BCUT2D eigenvalue weighted by atomic mass is 35.5. The molecule has 2 aliphatic heterocycles. The molecule has 0 N–H and O–H groups in total. The fourth-order valence-electron chi connectivity index (χ4n) is 5.34. The number of halogens is 4. The minimum atomic E-state index is -1.11. The lowest BCUT2D eigenvalue weighted by atomic mass is 10.0. The normalized spacial score (nSPS) is 18.4. The molecule has 43 heavy (non-hydrogen) atoms. The largest absolute Gasteiger partial charge is 0.461 e. The summed E-state index contributed by atoms with van der Waals surface area (Å²) < 4.78 is 55.8. The molecule has 2 aliphatic rings. The minimum absolute atomic E-state index is 0.0770. The van der Waals surface area contributed by atoms with E-state index in [1.165, 1.54) is 17.2 Å². The first kappa shape index (κ1) is 28.6. The highest BCUT2D eigenvalue weighted by Gasteiger charge is 2.35. The Balaban J connectivity index is 1.46. The van der Waals surface area contributed by atoms with Crippen molar-refractivity contribution in [3.63, 3.8) is 0 Å². The summed E-state index contributed by atoms with van der Waals surface area (Å²) in [7, 11) is 0. The molecule has 13 heteroatoms. The first-order valence-electron chi connectivity index (χ1n) is 13.5. The Morgan fingerprint density at radius 1 is 1.23 bits per heavy atom. The summed E-state index contributed by atoms with van der Waals surface area (Å²) in [6.45, 7) is 11.5. The van der Waals surface area contributed by atoms with Crippen LogP contribution in [0.4, 0.5) is 19.0 Å². The van der Waals surface area contributed by atoms with Crippen LogP contribution in [0, 0.1) is 18.2 Å². The van der Waals surface area contributed by atoms with Crippen LogP contribution in [0.25, 0.3) is 37.8 Å². The molecule has 4 aromatic rings. The van der Waals surface area contributed by atoms with Gasteiger partial charge in [-0.2, -0.15) is 9.97 Å². The van der Waals surface area contributed by atoms with Crippen LogP contribution in [0.3, 0.4) is 0 Å². The van der Waals surface area contributed by atoms with E-state index in [0.29, 0.717) is 17.4 Å². The SMILES string of the molecule is [C-]#[N+]C[C@H]1CN(c2nc(OCC3CCO3)nc3c(F)c(-c4cccc5ccc(F)c(Cl)c45)ncc23)CCN1C(=O)C(=C)F. The van der Waals surface area contributed by atoms with Crippen molar-refractivity contribution in [2.75, 3.05) is 44.3 Å². The van der Waals surface area contributed by atoms with E-state index in [4.69, 9.17) is 27.6 Å². The van der Waals surface area contributed by atoms with E-state index < -0.39 is 29.4 Å². The Bertz CT molecular complexity index is 1810. The number of ether oxygens (including phenoxy) is 2. The summed E-state index contributed by atoms with van der Waals surface area (Å²) >= 11 is 6.32. The summed E-state index contributed by atoms with van der Waals surface area (Å²) in [5.41, 5.74) is 0.0929. The second-order valence-corrected chi connectivity index (χ2v) is 10.6. The number of piperazine rings is 1. The fourth-order valence-corrected chi connectivity index (χ4v) is 5.61. The molecular weight excluding hydrogens is 585 g/mol. The molecule has 4 heterocycles. The Morgan fingerprint density at radius 2 is 2.05 bits per heavy atom. The average Bonchev–Trinajstić information content (AvgIpc) is 2.98. The third-order valence-electron chi connectivity index (χ3n) is 7.60. The summed E-state index contributed by atoms with van der Waals surface area (Å²) in [5.74, 6) is -3.16. The molecule has 2 aromatic heterocycles. The summed E-state index contributed by atoms with van der Waals surface area (Å²) in [4.78, 5) is 32.2. The number of anilines is 1. The van der Waals surface area contributed by atoms with Crippen LogP contribution in [0.1, 0.15) is 6.42 Å². The van der Waals surface area contributed by atoms with Crippen molar-refractivity contribution in [3.8, 4) is 17.3 Å². The number of fused-ring (bicyclic) bond motifs is 2. The number of hydrogen-bond acceptors (Lipinski definition) is 7. The van der Waals surface area contributed by atoms with Crippen LogP contribution in [0.5, 0.6) is 6.01 Å². The molecule has 0 radical (unpaired) electrons. The molecular formula is C30H24ClF3N6O3. The molecule has 2 saturated heterocycles. The number of benzene rings is 2. The summed E-state index contributed by atoms with van der Waals surface area (Å²) in [6.07, 6.45) is 2.08. The third kappa shape index (κ3) is 5.30. The molecule has 9 nitrogen and oxygen atoms in total. The zero-order valence-corrected chi connectivity index (χ0v) is 23.5. The van der Waals surface area contributed by atoms with E-state index in [1.807, 2.05) is 0 Å². The van der Waals surface area contributed by atoms with E-state index in [9.17, 15) is 13.6 Å². The number of carbonyl (C=O) groups excluding carboxylic acids is 1. The van der Waals surface area contributed by atoms with Crippen LogP contribution in [0.15, 0.2) is 48.9 Å². The molecule has 220 valence electrons. The summed E-state index contributed by atoms with van der Waals surface area (Å²) in [5, 5.41) is 1.01. The van der Waals surface area contributed by atoms with Gasteiger partial charge >= 0.3 is 6.01 Å². The molecule has 0 bridgehead atoms. The Morgan fingerprint density at radius 3 is 2.77 bits per heavy atom. The van der Waals surface area contributed by atoms with Gasteiger partial charge in [-0.15, -0.1) is 0 Å². The van der Waals surface area contributed by atoms with Crippen molar-refractivity contribution in [3.05, 3.63) is 77.0 Å². The van der Waals surface area contributed by atoms with Gasteiger partial charge in [0, 0.05) is 49.8 Å². The third-order valence-corrected chi connectivity index (χ3v) is 7.97. The number of carbonyl (C=O) groups is 1. The van der Waals surface area contributed by atoms with Crippen molar-refractivity contribution >= 4 is 45.0 Å². The van der Waals surface area contributed by atoms with E-state index in [0.717, 1.165) is 6.42 Å². The van der Waals surface area contributed by atoms with Gasteiger partial charge in [-0.25, -0.2) is 19.7 Å². The number of hydrogen-bond donors (Lipinski definition) is 0. The molecule has 2 fully saturated rings. The maximum atomic E-state index is 16.4. The van der Waals surface area contributed by atoms with Crippen LogP contribution in [-0.4, -0.2) is 77.3 Å². The monoisotopic (exact) mass is 608 g/mol. The highest BCUT2D eigenvalue weighted by Crippen LogP contribution is 2.38. The number of pyridine rings is 1. The van der Waals surface area contributed by atoms with Crippen molar-refractivity contribution < 1.29 is 27.4 Å². The Kier molecular flexibility index (Phi) is 7.77. The minimum Gasteiger partial charge on any atom is -0.461 e. The number of nitrogens with zero attached hydrogens (tertiary/aromatic N) is 6. The second-order valence-electron chi connectivity index (χ2n) is 10.2. The van der Waals surface area contributed by atoms with Crippen molar-refractivity contribution in [1.82, 2.24) is 19.9 Å². The quantitative estimate of drug-likeness (QED) is 0.206. The molecule has 1 amide bonds. The highest BCUT2D eigenvalue weighted by molar-refractivity contribution is 6.36. The molecule has 1 unspecified atom stereocenters. The average molecular weight is 609 g/mol. The predicted molar refractivity (Wildman–Crippen MR) is 154 cm³/mol. The molecule has 2 aromatic carbocycles. The van der Waals surface area contributed by atoms with Gasteiger partial charge in [0.25, 0.3) is 5.91 Å². The topological polar surface area (TPSA) is 85.0 Å². The van der Waals surface area contributed by atoms with Gasteiger partial charge in [0.2, 0.25) is 6.54 Å². The molecule has 0 saturated carbocycles. The van der Waals surface area contributed by atoms with Gasteiger partial charge in [0.05, 0.1) is 16.5 Å². The molecule has 2 atom stereocenters. The van der Waals surface area contributed by atoms with Crippen LogP contribution in [0.2, 0.25) is 5.02 Å². The van der Waals surface area contributed by atoms with E-state index in [-0.39, 0.29) is 77.9 Å².